The van der Waals surface area contributed by atoms with Crippen molar-refractivity contribution in [3.8, 4) is 0 Å². The average Bonchev–Trinajstić information content (AvgIpc) is 2.35. The van der Waals surface area contributed by atoms with E-state index >= 15 is 0 Å². The molecular formula is C14H14ClNS. The van der Waals surface area contributed by atoms with Crippen LogP contribution in [0, 0.1) is 0 Å². The fourth-order valence-electron chi connectivity index (χ4n) is 1.64. The van der Waals surface area contributed by atoms with Crippen molar-refractivity contribution in [1.29, 1.82) is 0 Å². The van der Waals surface area contributed by atoms with Crippen molar-refractivity contribution in [2.75, 3.05) is 6.54 Å². The van der Waals surface area contributed by atoms with Crippen LogP contribution in [0.25, 0.3) is 0 Å². The van der Waals surface area contributed by atoms with Crippen LogP contribution in [0.15, 0.2) is 58.3 Å². The predicted molar refractivity (Wildman–Crippen MR) is 74.8 cm³/mol. The van der Waals surface area contributed by atoms with E-state index in [1.165, 1.54) is 9.79 Å². The van der Waals surface area contributed by atoms with Gasteiger partial charge in [-0.25, -0.2) is 0 Å². The van der Waals surface area contributed by atoms with Crippen LogP contribution in [-0.2, 0) is 6.42 Å². The van der Waals surface area contributed by atoms with E-state index in [0.29, 0.717) is 6.54 Å². The summed E-state index contributed by atoms with van der Waals surface area (Å²) in [6, 6.07) is 16.3. The second-order valence-electron chi connectivity index (χ2n) is 3.67. The summed E-state index contributed by atoms with van der Waals surface area (Å²) in [4.78, 5) is 2.40. The van der Waals surface area contributed by atoms with E-state index in [2.05, 4.69) is 18.2 Å². The Kier molecular flexibility index (Phi) is 4.49. The van der Waals surface area contributed by atoms with E-state index in [1.807, 2.05) is 30.3 Å². The Bertz CT molecular complexity index is 485. The maximum atomic E-state index is 6.21. The van der Waals surface area contributed by atoms with Gasteiger partial charge in [-0.1, -0.05) is 47.6 Å². The maximum Gasteiger partial charge on any atom is 0.0449 e. The van der Waals surface area contributed by atoms with Crippen molar-refractivity contribution in [2.45, 2.75) is 16.2 Å². The lowest BCUT2D eigenvalue weighted by molar-refractivity contribution is 0.944. The van der Waals surface area contributed by atoms with E-state index in [-0.39, 0.29) is 0 Å². The third-order valence-corrected chi connectivity index (χ3v) is 3.91. The van der Waals surface area contributed by atoms with Crippen molar-refractivity contribution in [2.24, 2.45) is 5.73 Å². The van der Waals surface area contributed by atoms with Gasteiger partial charge in [-0.3, -0.25) is 0 Å². The molecule has 0 spiro atoms. The molecule has 0 bridgehead atoms. The average molecular weight is 264 g/mol. The molecule has 0 aliphatic carbocycles. The lowest BCUT2D eigenvalue weighted by Crippen LogP contribution is -2.04. The zero-order chi connectivity index (χ0) is 12.1. The van der Waals surface area contributed by atoms with Crippen LogP contribution in [0.4, 0.5) is 0 Å². The van der Waals surface area contributed by atoms with Gasteiger partial charge in [0.1, 0.15) is 0 Å². The summed E-state index contributed by atoms with van der Waals surface area (Å²) in [5.41, 5.74) is 6.77. The summed E-state index contributed by atoms with van der Waals surface area (Å²) in [6.07, 6.45) is 0.814. The maximum absolute atomic E-state index is 6.21. The molecule has 2 aromatic rings. The van der Waals surface area contributed by atoms with Crippen LogP contribution in [0.5, 0.6) is 0 Å². The highest BCUT2D eigenvalue weighted by molar-refractivity contribution is 7.99. The monoisotopic (exact) mass is 263 g/mol. The SMILES string of the molecule is NCCc1c(Cl)cccc1Sc1ccccc1. The quantitative estimate of drug-likeness (QED) is 0.903. The van der Waals surface area contributed by atoms with Gasteiger partial charge in [0.05, 0.1) is 0 Å². The van der Waals surface area contributed by atoms with Crippen LogP contribution in [0.2, 0.25) is 5.02 Å². The predicted octanol–water partition coefficient (Wildman–Crippen LogP) is 3.99. The van der Waals surface area contributed by atoms with E-state index in [1.54, 1.807) is 11.8 Å². The molecule has 0 heterocycles. The number of hydrogen-bond donors (Lipinski definition) is 1. The smallest absolute Gasteiger partial charge is 0.0449 e. The van der Waals surface area contributed by atoms with Crippen molar-refractivity contribution in [3.63, 3.8) is 0 Å². The molecule has 0 aromatic heterocycles. The molecule has 17 heavy (non-hydrogen) atoms. The van der Waals surface area contributed by atoms with Crippen molar-refractivity contribution >= 4 is 23.4 Å². The fraction of sp³-hybridized carbons (Fsp3) is 0.143. The molecule has 0 fully saturated rings. The highest BCUT2D eigenvalue weighted by atomic mass is 35.5. The number of benzene rings is 2. The van der Waals surface area contributed by atoms with E-state index in [4.69, 9.17) is 17.3 Å². The number of nitrogens with two attached hydrogens (primary N) is 1. The standard InChI is InChI=1S/C14H14ClNS/c15-13-7-4-8-14(12(13)9-10-16)17-11-5-2-1-3-6-11/h1-8H,9-10,16H2. The first-order chi connectivity index (χ1) is 8.31. The summed E-state index contributed by atoms with van der Waals surface area (Å²) in [6.45, 7) is 0.617. The lowest BCUT2D eigenvalue weighted by atomic mass is 10.1. The third-order valence-electron chi connectivity index (χ3n) is 2.44. The van der Waals surface area contributed by atoms with Gasteiger partial charge in [0.2, 0.25) is 0 Å². The minimum Gasteiger partial charge on any atom is -0.330 e. The Labute approximate surface area is 111 Å². The lowest BCUT2D eigenvalue weighted by Gasteiger charge is -2.10. The molecule has 2 aromatic carbocycles. The van der Waals surface area contributed by atoms with Crippen LogP contribution in [0.3, 0.4) is 0 Å². The van der Waals surface area contributed by atoms with Crippen LogP contribution >= 0.6 is 23.4 Å². The first-order valence-corrected chi connectivity index (χ1v) is 6.71. The van der Waals surface area contributed by atoms with Gasteiger partial charge in [-0.05, 0) is 42.8 Å². The molecule has 0 amide bonds. The molecule has 0 unspecified atom stereocenters. The van der Waals surface area contributed by atoms with E-state index < -0.39 is 0 Å². The molecule has 0 saturated carbocycles. The Balaban J connectivity index is 2.29. The van der Waals surface area contributed by atoms with E-state index in [0.717, 1.165) is 17.0 Å². The fourth-order valence-corrected chi connectivity index (χ4v) is 2.99. The number of rotatable bonds is 4. The first-order valence-electron chi connectivity index (χ1n) is 5.51. The molecule has 0 aliphatic rings. The molecule has 1 nitrogen and oxygen atoms in total. The van der Waals surface area contributed by atoms with Crippen molar-refractivity contribution in [3.05, 3.63) is 59.1 Å². The minimum atomic E-state index is 0.617. The largest absolute Gasteiger partial charge is 0.330 e. The molecule has 0 atom stereocenters. The molecular weight excluding hydrogens is 250 g/mol. The number of halogens is 1. The van der Waals surface area contributed by atoms with E-state index in [9.17, 15) is 0 Å². The first kappa shape index (κ1) is 12.5. The normalized spacial score (nSPS) is 10.5. The topological polar surface area (TPSA) is 26.0 Å². The molecule has 0 aliphatic heterocycles. The molecule has 3 heteroatoms. The molecule has 88 valence electrons. The summed E-state index contributed by atoms with van der Waals surface area (Å²) in [5, 5.41) is 0.802. The Morgan fingerprint density at radius 1 is 1.00 bits per heavy atom. The number of hydrogen-bond acceptors (Lipinski definition) is 2. The second kappa shape index (κ2) is 6.10. The van der Waals surface area contributed by atoms with Crippen LogP contribution in [-0.4, -0.2) is 6.54 Å². The van der Waals surface area contributed by atoms with Gasteiger partial charge < -0.3 is 5.73 Å². The zero-order valence-corrected chi connectivity index (χ0v) is 11.0. The molecule has 0 saturated heterocycles. The Morgan fingerprint density at radius 2 is 1.76 bits per heavy atom. The summed E-state index contributed by atoms with van der Waals surface area (Å²) < 4.78 is 0. The summed E-state index contributed by atoms with van der Waals surface area (Å²) in [5.74, 6) is 0. The highest BCUT2D eigenvalue weighted by Crippen LogP contribution is 2.33. The van der Waals surface area contributed by atoms with Gasteiger partial charge in [0, 0.05) is 14.8 Å². The Hall–Kier alpha value is -0.960. The van der Waals surface area contributed by atoms with Crippen molar-refractivity contribution in [1.82, 2.24) is 0 Å². The zero-order valence-electron chi connectivity index (χ0n) is 9.40. The van der Waals surface area contributed by atoms with Crippen LogP contribution in [0.1, 0.15) is 5.56 Å². The Morgan fingerprint density at radius 3 is 2.47 bits per heavy atom. The summed E-state index contributed by atoms with van der Waals surface area (Å²) in [7, 11) is 0. The molecule has 2 N–H and O–H groups in total. The van der Waals surface area contributed by atoms with Gasteiger partial charge in [0.15, 0.2) is 0 Å². The van der Waals surface area contributed by atoms with Gasteiger partial charge >= 0.3 is 0 Å². The van der Waals surface area contributed by atoms with Gasteiger partial charge in [-0.2, -0.15) is 0 Å². The third kappa shape index (κ3) is 3.25. The second-order valence-corrected chi connectivity index (χ2v) is 5.19. The minimum absolute atomic E-state index is 0.617. The van der Waals surface area contributed by atoms with Crippen molar-refractivity contribution < 1.29 is 0 Å². The molecule has 0 radical (unpaired) electrons. The molecule has 2 rings (SSSR count). The highest BCUT2D eigenvalue weighted by Gasteiger charge is 2.07. The van der Waals surface area contributed by atoms with Gasteiger partial charge in [-0.15, -0.1) is 0 Å². The van der Waals surface area contributed by atoms with Crippen LogP contribution < -0.4 is 5.73 Å². The van der Waals surface area contributed by atoms with Gasteiger partial charge in [0.25, 0.3) is 0 Å². The summed E-state index contributed by atoms with van der Waals surface area (Å²) >= 11 is 7.93.